The Balaban J connectivity index is 3.03. The number of hydrogen-bond donors (Lipinski definition) is 1. The van der Waals surface area contributed by atoms with Crippen LogP contribution in [0.3, 0.4) is 0 Å². The van der Waals surface area contributed by atoms with Gasteiger partial charge in [0.25, 0.3) is 0 Å². The van der Waals surface area contributed by atoms with Gasteiger partial charge in [0.2, 0.25) is 0 Å². The maximum atomic E-state index is 10.9. The monoisotopic (exact) mass is 206 g/mol. The van der Waals surface area contributed by atoms with Crippen LogP contribution < -0.4 is 0 Å². The number of rotatable bonds is 5. The Morgan fingerprint density at radius 3 is 2.73 bits per heavy atom. The normalized spacial score (nSPS) is 9.93. The average Bonchev–Trinajstić information content (AvgIpc) is 2.26. The van der Waals surface area contributed by atoms with Gasteiger partial charge >= 0.3 is 5.97 Å². The quantitative estimate of drug-likeness (QED) is 0.753. The maximum Gasteiger partial charge on any atom is 0.335 e. The summed E-state index contributed by atoms with van der Waals surface area (Å²) in [5, 5.41) is 8.97. The number of carbonyl (C=O) groups excluding carboxylic acids is 1. The van der Waals surface area contributed by atoms with Gasteiger partial charge in [-0.15, -0.1) is 0 Å². The largest absolute Gasteiger partial charge is 0.478 e. The third-order valence-corrected chi connectivity index (χ3v) is 2.30. The van der Waals surface area contributed by atoms with E-state index in [4.69, 9.17) is 5.11 Å². The average molecular weight is 206 g/mol. The number of aldehydes is 1. The zero-order valence-corrected chi connectivity index (χ0v) is 8.69. The van der Waals surface area contributed by atoms with E-state index in [0.29, 0.717) is 11.8 Å². The van der Waals surface area contributed by atoms with Gasteiger partial charge in [0.1, 0.15) is 6.29 Å². The number of benzene rings is 1. The lowest BCUT2D eigenvalue weighted by Crippen LogP contribution is -2.03. The van der Waals surface area contributed by atoms with Gasteiger partial charge in [-0.1, -0.05) is 25.5 Å². The van der Waals surface area contributed by atoms with Crippen molar-refractivity contribution in [3.63, 3.8) is 0 Å². The highest BCUT2D eigenvalue weighted by Gasteiger charge is 2.10. The second-order valence-electron chi connectivity index (χ2n) is 3.44. The number of aryl methyl sites for hydroxylation is 1. The molecule has 3 nitrogen and oxygen atoms in total. The minimum atomic E-state index is -0.968. The molecule has 0 heterocycles. The fraction of sp³-hybridized carbons (Fsp3) is 0.333. The Hall–Kier alpha value is -1.64. The Bertz CT molecular complexity index is 369. The number of carbonyl (C=O) groups is 2. The molecular weight excluding hydrogens is 192 g/mol. The molecule has 0 radical (unpaired) electrons. The molecule has 0 aliphatic heterocycles. The SMILES string of the molecule is CCCCc1ccc(C=O)cc1C(=O)O. The van der Waals surface area contributed by atoms with E-state index in [1.807, 2.05) is 0 Å². The van der Waals surface area contributed by atoms with Crippen LogP contribution >= 0.6 is 0 Å². The van der Waals surface area contributed by atoms with E-state index in [0.717, 1.165) is 24.8 Å². The summed E-state index contributed by atoms with van der Waals surface area (Å²) in [6.07, 6.45) is 3.39. The standard InChI is InChI=1S/C12H14O3/c1-2-3-4-10-6-5-9(8-13)7-11(10)12(14)15/h5-8H,2-4H2,1H3,(H,14,15). The van der Waals surface area contributed by atoms with Crippen LogP contribution in [0, 0.1) is 0 Å². The Morgan fingerprint density at radius 2 is 2.20 bits per heavy atom. The first-order valence-electron chi connectivity index (χ1n) is 5.00. The molecule has 1 N–H and O–H groups in total. The predicted molar refractivity (Wildman–Crippen MR) is 57.4 cm³/mol. The summed E-state index contributed by atoms with van der Waals surface area (Å²) in [4.78, 5) is 21.5. The smallest absolute Gasteiger partial charge is 0.335 e. The summed E-state index contributed by atoms with van der Waals surface area (Å²) in [6, 6.07) is 4.81. The minimum absolute atomic E-state index is 0.244. The number of carboxylic acids is 1. The molecule has 0 saturated carbocycles. The molecule has 0 spiro atoms. The van der Waals surface area contributed by atoms with Crippen LogP contribution in [0.4, 0.5) is 0 Å². The Kier molecular flexibility index (Phi) is 4.03. The highest BCUT2D eigenvalue weighted by atomic mass is 16.4. The first-order valence-corrected chi connectivity index (χ1v) is 5.00. The summed E-state index contributed by atoms with van der Waals surface area (Å²) < 4.78 is 0. The lowest BCUT2D eigenvalue weighted by molar-refractivity contribution is 0.0695. The fourth-order valence-corrected chi connectivity index (χ4v) is 1.45. The molecule has 0 saturated heterocycles. The second kappa shape index (κ2) is 5.29. The number of unbranched alkanes of at least 4 members (excludes halogenated alkanes) is 1. The first kappa shape index (κ1) is 11.4. The van der Waals surface area contributed by atoms with Crippen molar-refractivity contribution in [2.45, 2.75) is 26.2 Å². The van der Waals surface area contributed by atoms with Crippen LogP contribution in [0.1, 0.15) is 46.0 Å². The van der Waals surface area contributed by atoms with Crippen molar-refractivity contribution < 1.29 is 14.7 Å². The van der Waals surface area contributed by atoms with Crippen molar-refractivity contribution in [1.29, 1.82) is 0 Å². The second-order valence-corrected chi connectivity index (χ2v) is 3.44. The third-order valence-electron chi connectivity index (χ3n) is 2.30. The van der Waals surface area contributed by atoms with Crippen LogP contribution in [0.5, 0.6) is 0 Å². The van der Waals surface area contributed by atoms with Crippen LogP contribution in [0.25, 0.3) is 0 Å². The zero-order valence-electron chi connectivity index (χ0n) is 8.69. The molecule has 0 bridgehead atoms. The molecule has 80 valence electrons. The lowest BCUT2D eigenvalue weighted by atomic mass is 10.00. The summed E-state index contributed by atoms with van der Waals surface area (Å²) in [5.41, 5.74) is 1.45. The summed E-state index contributed by atoms with van der Waals surface area (Å²) >= 11 is 0. The van der Waals surface area contributed by atoms with E-state index >= 15 is 0 Å². The molecule has 0 aliphatic rings. The van der Waals surface area contributed by atoms with E-state index in [2.05, 4.69) is 6.92 Å². The zero-order chi connectivity index (χ0) is 11.3. The first-order chi connectivity index (χ1) is 7.19. The van der Waals surface area contributed by atoms with Crippen molar-refractivity contribution in [1.82, 2.24) is 0 Å². The van der Waals surface area contributed by atoms with Gasteiger partial charge in [-0.3, -0.25) is 4.79 Å². The van der Waals surface area contributed by atoms with Crippen LogP contribution in [0.2, 0.25) is 0 Å². The molecule has 0 fully saturated rings. The van der Waals surface area contributed by atoms with Crippen LogP contribution in [0.15, 0.2) is 18.2 Å². The fourth-order valence-electron chi connectivity index (χ4n) is 1.45. The molecule has 0 atom stereocenters. The molecule has 3 heteroatoms. The van der Waals surface area contributed by atoms with Gasteiger partial charge in [-0.05, 0) is 24.5 Å². The van der Waals surface area contributed by atoms with Gasteiger partial charge in [-0.2, -0.15) is 0 Å². The molecule has 0 amide bonds. The summed E-state index contributed by atoms with van der Waals surface area (Å²) in [7, 11) is 0. The third kappa shape index (κ3) is 2.91. The number of aromatic carboxylic acids is 1. The van der Waals surface area contributed by atoms with Crippen molar-refractivity contribution in [3.8, 4) is 0 Å². The van der Waals surface area contributed by atoms with E-state index in [1.54, 1.807) is 12.1 Å². The van der Waals surface area contributed by atoms with E-state index in [1.165, 1.54) is 6.07 Å². The molecule has 0 aromatic heterocycles. The Morgan fingerprint density at radius 1 is 1.47 bits per heavy atom. The van der Waals surface area contributed by atoms with Crippen molar-refractivity contribution in [2.24, 2.45) is 0 Å². The molecule has 1 aromatic carbocycles. The van der Waals surface area contributed by atoms with E-state index < -0.39 is 5.97 Å². The summed E-state index contributed by atoms with van der Waals surface area (Å²) in [6.45, 7) is 2.06. The molecule has 0 aliphatic carbocycles. The van der Waals surface area contributed by atoms with Crippen molar-refractivity contribution >= 4 is 12.3 Å². The molecule has 15 heavy (non-hydrogen) atoms. The van der Waals surface area contributed by atoms with E-state index in [-0.39, 0.29) is 5.56 Å². The van der Waals surface area contributed by atoms with Gasteiger partial charge in [-0.25, -0.2) is 4.79 Å². The van der Waals surface area contributed by atoms with E-state index in [9.17, 15) is 9.59 Å². The Labute approximate surface area is 88.7 Å². The van der Waals surface area contributed by atoms with Gasteiger partial charge in [0.15, 0.2) is 0 Å². The van der Waals surface area contributed by atoms with Gasteiger partial charge in [0, 0.05) is 5.56 Å². The van der Waals surface area contributed by atoms with Crippen LogP contribution in [-0.2, 0) is 6.42 Å². The highest BCUT2D eigenvalue weighted by Crippen LogP contribution is 2.14. The minimum Gasteiger partial charge on any atom is -0.478 e. The number of hydrogen-bond acceptors (Lipinski definition) is 2. The molecule has 1 aromatic rings. The number of carboxylic acid groups (broad SMARTS) is 1. The summed E-state index contributed by atoms with van der Waals surface area (Å²) in [5.74, 6) is -0.968. The highest BCUT2D eigenvalue weighted by molar-refractivity contribution is 5.91. The topological polar surface area (TPSA) is 54.4 Å². The van der Waals surface area contributed by atoms with Crippen molar-refractivity contribution in [3.05, 3.63) is 34.9 Å². The lowest BCUT2D eigenvalue weighted by Gasteiger charge is -2.05. The molecular formula is C12H14O3. The maximum absolute atomic E-state index is 10.9. The van der Waals surface area contributed by atoms with Gasteiger partial charge < -0.3 is 5.11 Å². The van der Waals surface area contributed by atoms with Crippen LogP contribution in [-0.4, -0.2) is 17.4 Å². The molecule has 0 unspecified atom stereocenters. The van der Waals surface area contributed by atoms with Gasteiger partial charge in [0.05, 0.1) is 5.56 Å². The van der Waals surface area contributed by atoms with Crippen molar-refractivity contribution in [2.75, 3.05) is 0 Å². The predicted octanol–water partition coefficient (Wildman–Crippen LogP) is 2.54. The molecule has 1 rings (SSSR count).